The standard InChI is InChI=1S/C16H13BrO2S2/c17-15-7-6-12(18)10-16(15,19-13-8-9-20-11-13)21-14-4-2-1-3-5-14/h1-11,15,18H. The summed E-state index contributed by atoms with van der Waals surface area (Å²) in [5.41, 5.74) is 0. The monoisotopic (exact) mass is 380 g/mol. The first-order valence-electron chi connectivity index (χ1n) is 6.37. The Morgan fingerprint density at radius 1 is 1.24 bits per heavy atom. The second kappa shape index (κ2) is 6.30. The molecule has 0 saturated heterocycles. The molecule has 0 saturated carbocycles. The van der Waals surface area contributed by atoms with E-state index < -0.39 is 4.93 Å². The summed E-state index contributed by atoms with van der Waals surface area (Å²) < 4.78 is 6.21. The fraction of sp³-hybridized carbons (Fsp3) is 0.125. The van der Waals surface area contributed by atoms with Gasteiger partial charge < -0.3 is 9.84 Å². The van der Waals surface area contributed by atoms with Crippen LogP contribution in [0.2, 0.25) is 0 Å². The van der Waals surface area contributed by atoms with Crippen LogP contribution in [0.25, 0.3) is 0 Å². The van der Waals surface area contributed by atoms with E-state index in [1.807, 2.05) is 53.2 Å². The number of hydrogen-bond acceptors (Lipinski definition) is 4. The highest BCUT2D eigenvalue weighted by atomic mass is 79.9. The summed E-state index contributed by atoms with van der Waals surface area (Å²) in [4.78, 5) is 0.309. The molecule has 0 spiro atoms. The first-order valence-corrected chi connectivity index (χ1v) is 9.05. The van der Waals surface area contributed by atoms with E-state index in [-0.39, 0.29) is 10.6 Å². The summed E-state index contributed by atoms with van der Waals surface area (Å²) in [6.07, 6.45) is 5.33. The lowest BCUT2D eigenvalue weighted by molar-refractivity contribution is 0.218. The van der Waals surface area contributed by atoms with Gasteiger partial charge in [-0.1, -0.05) is 52.0 Å². The zero-order valence-corrected chi connectivity index (χ0v) is 14.2. The number of halogens is 1. The number of thiophene rings is 1. The van der Waals surface area contributed by atoms with Crippen molar-refractivity contribution in [2.45, 2.75) is 14.7 Å². The predicted molar refractivity (Wildman–Crippen MR) is 92.5 cm³/mol. The maximum atomic E-state index is 9.93. The molecule has 21 heavy (non-hydrogen) atoms. The van der Waals surface area contributed by atoms with Crippen LogP contribution in [-0.2, 0) is 0 Å². The number of allylic oxidation sites excluding steroid dienone is 1. The maximum absolute atomic E-state index is 9.93. The SMILES string of the molecule is OC1=CC(Oc2ccsc2)(Sc2ccccc2)C(Br)C=C1. The van der Waals surface area contributed by atoms with Gasteiger partial charge in [0, 0.05) is 16.4 Å². The quantitative estimate of drug-likeness (QED) is 0.569. The summed E-state index contributed by atoms with van der Waals surface area (Å²) in [6, 6.07) is 12.0. The highest BCUT2D eigenvalue weighted by Crippen LogP contribution is 2.44. The van der Waals surface area contributed by atoms with Gasteiger partial charge in [-0.25, -0.2) is 0 Å². The summed E-state index contributed by atoms with van der Waals surface area (Å²) >= 11 is 6.81. The summed E-state index contributed by atoms with van der Waals surface area (Å²) in [6.45, 7) is 0. The van der Waals surface area contributed by atoms with Gasteiger partial charge in [-0.15, -0.1) is 11.3 Å². The Hall–Kier alpha value is -1.17. The van der Waals surface area contributed by atoms with Gasteiger partial charge in [-0.05, 0) is 29.7 Å². The highest BCUT2D eigenvalue weighted by molar-refractivity contribution is 9.09. The summed E-state index contributed by atoms with van der Waals surface area (Å²) in [7, 11) is 0. The van der Waals surface area contributed by atoms with Crippen LogP contribution in [0.15, 0.2) is 76.0 Å². The average Bonchev–Trinajstić information content (AvgIpc) is 2.97. The van der Waals surface area contributed by atoms with E-state index in [1.165, 1.54) is 0 Å². The second-order valence-electron chi connectivity index (χ2n) is 4.53. The number of benzene rings is 1. The lowest BCUT2D eigenvalue weighted by Crippen LogP contribution is -2.40. The van der Waals surface area contributed by atoms with Crippen molar-refractivity contribution < 1.29 is 9.84 Å². The van der Waals surface area contributed by atoms with E-state index in [0.29, 0.717) is 0 Å². The lowest BCUT2D eigenvalue weighted by atomic mass is 10.1. The molecule has 0 amide bonds. The number of aliphatic hydroxyl groups excluding tert-OH is 1. The van der Waals surface area contributed by atoms with Crippen LogP contribution in [0.5, 0.6) is 5.75 Å². The average molecular weight is 381 g/mol. The zero-order chi connectivity index (χ0) is 14.7. The number of hydrogen-bond donors (Lipinski definition) is 1. The van der Waals surface area contributed by atoms with Gasteiger partial charge in [0.1, 0.15) is 11.5 Å². The van der Waals surface area contributed by atoms with Crippen LogP contribution in [0.3, 0.4) is 0 Å². The van der Waals surface area contributed by atoms with Crippen molar-refractivity contribution in [2.75, 3.05) is 0 Å². The van der Waals surface area contributed by atoms with Crippen LogP contribution < -0.4 is 4.74 Å². The molecule has 1 aromatic carbocycles. The molecule has 1 aliphatic carbocycles. The fourth-order valence-corrected chi connectivity index (χ4v) is 4.39. The number of alkyl halides is 1. The Labute approximate surface area is 140 Å². The largest absolute Gasteiger partial charge is 0.508 e. The molecule has 0 fully saturated rings. The van der Waals surface area contributed by atoms with Gasteiger partial charge in [-0.3, -0.25) is 0 Å². The molecule has 1 aromatic heterocycles. The molecule has 3 rings (SSSR count). The molecule has 2 aromatic rings. The number of rotatable bonds is 4. The van der Waals surface area contributed by atoms with E-state index in [2.05, 4.69) is 15.9 Å². The van der Waals surface area contributed by atoms with Gasteiger partial charge in [0.15, 0.2) is 4.93 Å². The van der Waals surface area contributed by atoms with E-state index in [0.717, 1.165) is 10.6 Å². The molecule has 2 nitrogen and oxygen atoms in total. The molecule has 2 unspecified atom stereocenters. The topological polar surface area (TPSA) is 29.5 Å². The number of thioether (sulfide) groups is 1. The van der Waals surface area contributed by atoms with Crippen LogP contribution in [-0.4, -0.2) is 14.9 Å². The normalized spacial score (nSPS) is 24.6. The van der Waals surface area contributed by atoms with Crippen LogP contribution in [0, 0.1) is 0 Å². The van der Waals surface area contributed by atoms with Crippen molar-refractivity contribution in [1.82, 2.24) is 0 Å². The zero-order valence-electron chi connectivity index (χ0n) is 11.0. The maximum Gasteiger partial charge on any atom is 0.197 e. The fourth-order valence-electron chi connectivity index (χ4n) is 2.01. The van der Waals surface area contributed by atoms with Crippen molar-refractivity contribution >= 4 is 39.0 Å². The molecule has 0 aliphatic heterocycles. The minimum atomic E-state index is -0.721. The molecule has 2 atom stereocenters. The van der Waals surface area contributed by atoms with Gasteiger partial charge in [0.25, 0.3) is 0 Å². The van der Waals surface area contributed by atoms with E-state index in [4.69, 9.17) is 4.74 Å². The van der Waals surface area contributed by atoms with Crippen LogP contribution in [0.4, 0.5) is 0 Å². The number of ether oxygens (including phenoxy) is 1. The van der Waals surface area contributed by atoms with Crippen molar-refractivity contribution in [3.05, 3.63) is 71.1 Å². The smallest absolute Gasteiger partial charge is 0.197 e. The Balaban J connectivity index is 1.96. The second-order valence-corrected chi connectivity index (χ2v) is 7.61. The molecule has 0 radical (unpaired) electrons. The molecule has 0 bridgehead atoms. The highest BCUT2D eigenvalue weighted by Gasteiger charge is 2.40. The Bertz CT molecular complexity index is 652. The predicted octanol–water partition coefficient (Wildman–Crippen LogP) is 5.39. The van der Waals surface area contributed by atoms with E-state index >= 15 is 0 Å². The first-order chi connectivity index (χ1) is 10.2. The van der Waals surface area contributed by atoms with Crippen molar-refractivity contribution in [3.8, 4) is 5.75 Å². The first kappa shape index (κ1) is 14.8. The number of aliphatic hydroxyl groups is 1. The third kappa shape index (κ3) is 3.36. The van der Waals surface area contributed by atoms with Crippen molar-refractivity contribution in [1.29, 1.82) is 0 Å². The van der Waals surface area contributed by atoms with Crippen molar-refractivity contribution in [2.24, 2.45) is 0 Å². The third-order valence-electron chi connectivity index (χ3n) is 2.96. The Kier molecular flexibility index (Phi) is 4.42. The molecule has 108 valence electrons. The molecular weight excluding hydrogens is 368 g/mol. The van der Waals surface area contributed by atoms with E-state index in [9.17, 15) is 5.11 Å². The molecule has 1 heterocycles. The Morgan fingerprint density at radius 3 is 2.76 bits per heavy atom. The summed E-state index contributed by atoms with van der Waals surface area (Å²) in [5.74, 6) is 1.01. The summed E-state index contributed by atoms with van der Waals surface area (Å²) in [5, 5.41) is 13.9. The van der Waals surface area contributed by atoms with Crippen LogP contribution >= 0.6 is 39.0 Å². The minimum Gasteiger partial charge on any atom is -0.508 e. The third-order valence-corrected chi connectivity index (χ3v) is 6.19. The van der Waals surface area contributed by atoms with Crippen molar-refractivity contribution in [3.63, 3.8) is 0 Å². The van der Waals surface area contributed by atoms with Crippen LogP contribution in [0.1, 0.15) is 0 Å². The molecular formula is C16H13BrO2S2. The Morgan fingerprint density at radius 2 is 2.05 bits per heavy atom. The molecule has 1 aliphatic rings. The lowest BCUT2D eigenvalue weighted by Gasteiger charge is -2.35. The molecule has 5 heteroatoms. The van der Waals surface area contributed by atoms with Gasteiger partial charge >= 0.3 is 0 Å². The minimum absolute atomic E-state index is 0.0500. The van der Waals surface area contributed by atoms with Gasteiger partial charge in [0.05, 0.1) is 4.83 Å². The molecule has 1 N–H and O–H groups in total. The van der Waals surface area contributed by atoms with Gasteiger partial charge in [-0.2, -0.15) is 0 Å². The van der Waals surface area contributed by atoms with Gasteiger partial charge in [0.2, 0.25) is 0 Å². The van der Waals surface area contributed by atoms with E-state index in [1.54, 1.807) is 35.3 Å².